The number of rotatable bonds is 13. The molecule has 0 aliphatic carbocycles. The molecule has 0 unspecified atom stereocenters. The molecule has 0 atom stereocenters. The molecule has 0 saturated heterocycles. The number of ether oxygens (including phenoxy) is 2. The summed E-state index contributed by atoms with van der Waals surface area (Å²) in [7, 11) is 2.97. The van der Waals surface area contributed by atoms with Crippen LogP contribution in [-0.2, 0) is 17.8 Å². The number of para-hydroxylation sites is 1. The maximum Gasteiger partial charge on any atom is 0.329 e. The number of carbonyl (C=O) groups excluding carboxylic acids is 2. The SMILES string of the molecule is C=CCNc1ccc(CCN2C(=O)N(c3c(Cl)c(OC)cc(OC)c3Cl)Cc3cnc(Nc4c(C)cccc4NC(=O)C=C)cc32)cc1. The topological polar surface area (TPSA) is 108 Å². The fourth-order valence-electron chi connectivity index (χ4n) is 5.37. The van der Waals surface area contributed by atoms with Gasteiger partial charge >= 0.3 is 6.03 Å². The van der Waals surface area contributed by atoms with E-state index in [0.717, 1.165) is 22.4 Å². The molecule has 12 heteroatoms. The molecule has 3 N–H and O–H groups in total. The lowest BCUT2D eigenvalue weighted by molar-refractivity contribution is -0.111. The lowest BCUT2D eigenvalue weighted by Gasteiger charge is -2.38. The fraction of sp³-hybridized carbons (Fsp3) is 0.194. The largest absolute Gasteiger partial charge is 0.495 e. The van der Waals surface area contributed by atoms with E-state index in [1.165, 1.54) is 25.2 Å². The number of carbonyl (C=O) groups is 2. The quantitative estimate of drug-likeness (QED) is 0.0958. The van der Waals surface area contributed by atoms with Gasteiger partial charge in [0.25, 0.3) is 0 Å². The second-order valence-electron chi connectivity index (χ2n) is 10.9. The Bertz CT molecular complexity index is 1840. The van der Waals surface area contributed by atoms with Gasteiger partial charge in [-0.15, -0.1) is 6.58 Å². The third-order valence-electron chi connectivity index (χ3n) is 7.86. The first kappa shape index (κ1) is 34.2. The van der Waals surface area contributed by atoms with Crippen molar-refractivity contribution in [1.29, 1.82) is 0 Å². The second kappa shape index (κ2) is 15.1. The zero-order valence-electron chi connectivity index (χ0n) is 26.9. The Labute approximate surface area is 290 Å². The van der Waals surface area contributed by atoms with Crippen molar-refractivity contribution in [2.75, 3.05) is 53.1 Å². The zero-order chi connectivity index (χ0) is 34.4. The van der Waals surface area contributed by atoms with Crippen LogP contribution in [0.15, 0.2) is 86.1 Å². The lowest BCUT2D eigenvalue weighted by atomic mass is 10.1. The molecule has 0 radical (unpaired) electrons. The molecule has 4 aromatic rings. The third-order valence-corrected chi connectivity index (χ3v) is 8.59. The van der Waals surface area contributed by atoms with Gasteiger partial charge in [-0.05, 0) is 48.7 Å². The van der Waals surface area contributed by atoms with Gasteiger partial charge in [-0.25, -0.2) is 9.78 Å². The molecule has 10 nitrogen and oxygen atoms in total. The fourth-order valence-corrected chi connectivity index (χ4v) is 6.08. The van der Waals surface area contributed by atoms with Crippen molar-refractivity contribution >= 4 is 69.4 Å². The predicted molar refractivity (Wildman–Crippen MR) is 195 cm³/mol. The minimum absolute atomic E-state index is 0.141. The molecule has 1 aromatic heterocycles. The number of methoxy groups -OCH3 is 2. The number of nitrogens with zero attached hydrogens (tertiary/aromatic N) is 3. The highest BCUT2D eigenvalue weighted by Crippen LogP contribution is 2.48. The highest BCUT2D eigenvalue weighted by atomic mass is 35.5. The second-order valence-corrected chi connectivity index (χ2v) is 11.7. The first-order chi connectivity index (χ1) is 23.2. The molecule has 1 aliphatic heterocycles. The van der Waals surface area contributed by atoms with Gasteiger partial charge < -0.3 is 25.4 Å². The van der Waals surface area contributed by atoms with Crippen molar-refractivity contribution in [3.63, 3.8) is 0 Å². The van der Waals surface area contributed by atoms with Gasteiger partial charge in [-0.3, -0.25) is 14.6 Å². The lowest BCUT2D eigenvalue weighted by Crippen LogP contribution is -2.48. The Hall–Kier alpha value is -5.19. The molecule has 0 saturated carbocycles. The van der Waals surface area contributed by atoms with Crippen LogP contribution in [0.3, 0.4) is 0 Å². The molecular formula is C36H36Cl2N6O4. The van der Waals surface area contributed by atoms with E-state index in [1.807, 2.05) is 49.4 Å². The molecule has 3 aromatic carbocycles. The summed E-state index contributed by atoms with van der Waals surface area (Å²) in [5, 5.41) is 9.81. The monoisotopic (exact) mass is 686 g/mol. The Morgan fingerprint density at radius 3 is 2.40 bits per heavy atom. The molecule has 248 valence electrons. The van der Waals surface area contributed by atoms with Crippen molar-refractivity contribution in [3.8, 4) is 11.5 Å². The number of anilines is 6. The first-order valence-corrected chi connectivity index (χ1v) is 15.9. The highest BCUT2D eigenvalue weighted by molar-refractivity contribution is 6.42. The van der Waals surface area contributed by atoms with Gasteiger partial charge in [0.1, 0.15) is 27.4 Å². The van der Waals surface area contributed by atoms with Crippen molar-refractivity contribution in [2.45, 2.75) is 19.9 Å². The van der Waals surface area contributed by atoms with E-state index >= 15 is 0 Å². The standard InChI is InChI=1S/C36H36Cl2N6O4/c1-6-16-39-25-13-11-23(12-14-25)15-17-43-27-18-30(42-34-22(3)9-8-10-26(34)41-31(45)7-2)40-20-24(27)21-44(36(43)46)35-32(37)28(47-4)19-29(48-5)33(35)38/h6-14,18-20,39H,1-2,15-17,21H2,3-5H3,(H,40,42)(H,41,45). The number of nitrogens with one attached hydrogen (secondary N) is 3. The third kappa shape index (κ3) is 7.20. The molecular weight excluding hydrogens is 651 g/mol. The van der Waals surface area contributed by atoms with Crippen LogP contribution in [0.2, 0.25) is 10.0 Å². The first-order valence-electron chi connectivity index (χ1n) is 15.1. The van der Waals surface area contributed by atoms with Crippen LogP contribution >= 0.6 is 23.2 Å². The summed E-state index contributed by atoms with van der Waals surface area (Å²) in [6.07, 6.45) is 5.28. The minimum Gasteiger partial charge on any atom is -0.495 e. The number of hydrogen-bond donors (Lipinski definition) is 3. The number of aromatic nitrogens is 1. The number of fused-ring (bicyclic) bond motifs is 1. The summed E-state index contributed by atoms with van der Waals surface area (Å²) < 4.78 is 11.0. The number of aryl methyl sites for hydroxylation is 1. The minimum atomic E-state index is -0.338. The van der Waals surface area contributed by atoms with Crippen molar-refractivity contribution in [3.05, 3.63) is 113 Å². The molecule has 2 heterocycles. The number of urea groups is 1. The van der Waals surface area contributed by atoms with Crippen LogP contribution < -0.4 is 35.2 Å². The van der Waals surface area contributed by atoms with E-state index in [4.69, 9.17) is 32.7 Å². The summed E-state index contributed by atoms with van der Waals surface area (Å²) in [5.74, 6) is 0.784. The number of hydrogen-bond acceptors (Lipinski definition) is 7. The zero-order valence-corrected chi connectivity index (χ0v) is 28.4. The van der Waals surface area contributed by atoms with Crippen LogP contribution in [0, 0.1) is 6.92 Å². The van der Waals surface area contributed by atoms with Crippen molar-refractivity contribution in [1.82, 2.24) is 4.98 Å². The van der Waals surface area contributed by atoms with Gasteiger partial charge in [-0.1, -0.05) is 60.1 Å². The molecule has 48 heavy (non-hydrogen) atoms. The van der Waals surface area contributed by atoms with Crippen LogP contribution in [0.25, 0.3) is 0 Å². The molecule has 5 rings (SSSR count). The Morgan fingerprint density at radius 2 is 1.75 bits per heavy atom. The van der Waals surface area contributed by atoms with Crippen LogP contribution in [-0.4, -0.2) is 44.2 Å². The number of amides is 3. The smallest absolute Gasteiger partial charge is 0.329 e. The Balaban J connectivity index is 1.54. The summed E-state index contributed by atoms with van der Waals surface area (Å²) >= 11 is 13.6. The molecule has 0 spiro atoms. The van der Waals surface area contributed by atoms with Crippen LogP contribution in [0.5, 0.6) is 11.5 Å². The molecule has 1 aliphatic rings. The van der Waals surface area contributed by atoms with Gasteiger partial charge in [0.2, 0.25) is 5.91 Å². The molecule has 0 bridgehead atoms. The van der Waals surface area contributed by atoms with Gasteiger partial charge in [-0.2, -0.15) is 0 Å². The van der Waals surface area contributed by atoms with Crippen molar-refractivity contribution in [2.24, 2.45) is 0 Å². The van der Waals surface area contributed by atoms with E-state index in [9.17, 15) is 9.59 Å². The summed E-state index contributed by atoms with van der Waals surface area (Å²) in [6, 6.07) is 16.7. The number of benzene rings is 3. The molecule has 3 amide bonds. The van der Waals surface area contributed by atoms with Gasteiger partial charge in [0.05, 0.1) is 43.5 Å². The molecule has 0 fully saturated rings. The van der Waals surface area contributed by atoms with E-state index < -0.39 is 0 Å². The number of pyridine rings is 1. The summed E-state index contributed by atoms with van der Waals surface area (Å²) in [6.45, 7) is 10.4. The van der Waals surface area contributed by atoms with Gasteiger partial charge in [0, 0.05) is 42.7 Å². The summed E-state index contributed by atoms with van der Waals surface area (Å²) in [4.78, 5) is 34.5. The Morgan fingerprint density at radius 1 is 1.04 bits per heavy atom. The average Bonchev–Trinajstić information content (AvgIpc) is 3.09. The Kier molecular flexibility index (Phi) is 10.8. The highest BCUT2D eigenvalue weighted by Gasteiger charge is 2.35. The predicted octanol–water partition coefficient (Wildman–Crippen LogP) is 8.37. The maximum atomic E-state index is 14.5. The number of halogens is 2. The van der Waals surface area contributed by atoms with E-state index in [-0.39, 0.29) is 34.2 Å². The van der Waals surface area contributed by atoms with E-state index in [0.29, 0.717) is 53.9 Å². The maximum absolute atomic E-state index is 14.5. The normalized spacial score (nSPS) is 12.2. The van der Waals surface area contributed by atoms with Crippen molar-refractivity contribution < 1.29 is 19.1 Å². The van der Waals surface area contributed by atoms with E-state index in [1.54, 1.807) is 29.3 Å². The van der Waals surface area contributed by atoms with Crippen LogP contribution in [0.4, 0.5) is 39.0 Å². The van der Waals surface area contributed by atoms with E-state index in [2.05, 4.69) is 34.1 Å². The van der Waals surface area contributed by atoms with Gasteiger partial charge in [0.15, 0.2) is 0 Å². The average molecular weight is 688 g/mol. The van der Waals surface area contributed by atoms with Crippen LogP contribution in [0.1, 0.15) is 16.7 Å². The summed E-state index contributed by atoms with van der Waals surface area (Å²) in [5.41, 5.74) is 5.86.